The lowest BCUT2D eigenvalue weighted by Crippen LogP contribution is -2.26. The summed E-state index contributed by atoms with van der Waals surface area (Å²) in [5.74, 6) is 2.21. The van der Waals surface area contributed by atoms with E-state index in [4.69, 9.17) is 0 Å². The Kier molecular flexibility index (Phi) is 5.62. The predicted molar refractivity (Wildman–Crippen MR) is 93.8 cm³/mol. The van der Waals surface area contributed by atoms with Crippen LogP contribution in [0.25, 0.3) is 0 Å². The molecule has 0 fully saturated rings. The SMILES string of the molecule is Cc1cccc(CCC(=O)NCCc2nnc3n2CCCCC3)c1. The molecule has 0 radical (unpaired) electrons. The zero-order chi connectivity index (χ0) is 16.8. The Morgan fingerprint density at radius 1 is 1.21 bits per heavy atom. The molecule has 0 spiro atoms. The van der Waals surface area contributed by atoms with Gasteiger partial charge in [0.15, 0.2) is 0 Å². The van der Waals surface area contributed by atoms with Crippen LogP contribution in [0.1, 0.15) is 48.5 Å². The van der Waals surface area contributed by atoms with Gasteiger partial charge in [-0.05, 0) is 31.7 Å². The second-order valence-corrected chi connectivity index (χ2v) is 6.58. The highest BCUT2D eigenvalue weighted by Gasteiger charge is 2.14. The van der Waals surface area contributed by atoms with Crippen molar-refractivity contribution in [2.24, 2.45) is 0 Å². The summed E-state index contributed by atoms with van der Waals surface area (Å²) in [6, 6.07) is 8.33. The Labute approximate surface area is 143 Å². The minimum absolute atomic E-state index is 0.104. The third-order valence-corrected chi connectivity index (χ3v) is 4.58. The van der Waals surface area contributed by atoms with Crippen molar-refractivity contribution < 1.29 is 4.79 Å². The molecule has 0 bridgehead atoms. The van der Waals surface area contributed by atoms with Crippen LogP contribution in [-0.4, -0.2) is 27.2 Å². The van der Waals surface area contributed by atoms with Crippen LogP contribution in [0.4, 0.5) is 0 Å². The van der Waals surface area contributed by atoms with Gasteiger partial charge in [0.1, 0.15) is 11.6 Å². The summed E-state index contributed by atoms with van der Waals surface area (Å²) < 4.78 is 2.24. The highest BCUT2D eigenvalue weighted by atomic mass is 16.1. The Balaban J connectivity index is 1.43. The number of benzene rings is 1. The molecule has 24 heavy (non-hydrogen) atoms. The Morgan fingerprint density at radius 3 is 3.00 bits per heavy atom. The largest absolute Gasteiger partial charge is 0.356 e. The standard InChI is InChI=1S/C19H26N4O/c1-15-6-5-7-16(14-15)9-10-19(24)20-12-11-18-22-21-17-8-3-2-4-13-23(17)18/h5-7,14H,2-4,8-13H2,1H3,(H,20,24). The number of nitrogens with zero attached hydrogens (tertiary/aromatic N) is 3. The zero-order valence-corrected chi connectivity index (χ0v) is 14.4. The second-order valence-electron chi connectivity index (χ2n) is 6.58. The van der Waals surface area contributed by atoms with Crippen LogP contribution >= 0.6 is 0 Å². The van der Waals surface area contributed by atoms with Gasteiger partial charge in [0.25, 0.3) is 0 Å². The summed E-state index contributed by atoms with van der Waals surface area (Å²) >= 11 is 0. The molecule has 1 aliphatic rings. The number of amides is 1. The summed E-state index contributed by atoms with van der Waals surface area (Å²) in [4.78, 5) is 12.0. The summed E-state index contributed by atoms with van der Waals surface area (Å²) in [6.07, 6.45) is 6.75. The van der Waals surface area contributed by atoms with Crippen molar-refractivity contribution in [3.8, 4) is 0 Å². The molecule has 0 saturated carbocycles. The second kappa shape index (κ2) is 8.08. The van der Waals surface area contributed by atoms with Crippen LogP contribution in [0.2, 0.25) is 0 Å². The number of rotatable bonds is 6. The minimum Gasteiger partial charge on any atom is -0.356 e. The molecule has 0 aliphatic carbocycles. The molecule has 0 atom stereocenters. The predicted octanol–water partition coefficient (Wildman–Crippen LogP) is 2.60. The number of hydrogen-bond acceptors (Lipinski definition) is 3. The van der Waals surface area contributed by atoms with E-state index in [1.165, 1.54) is 30.4 Å². The van der Waals surface area contributed by atoms with Crippen molar-refractivity contribution in [3.63, 3.8) is 0 Å². The van der Waals surface area contributed by atoms with Crippen LogP contribution < -0.4 is 5.32 Å². The lowest BCUT2D eigenvalue weighted by atomic mass is 10.1. The molecule has 5 nitrogen and oxygen atoms in total. The minimum atomic E-state index is 0.104. The maximum Gasteiger partial charge on any atom is 0.220 e. The van der Waals surface area contributed by atoms with Gasteiger partial charge in [-0.1, -0.05) is 36.2 Å². The van der Waals surface area contributed by atoms with E-state index in [1.54, 1.807) is 0 Å². The summed E-state index contributed by atoms with van der Waals surface area (Å²) in [7, 11) is 0. The number of nitrogens with one attached hydrogen (secondary N) is 1. The molecule has 3 rings (SSSR count). The van der Waals surface area contributed by atoms with E-state index in [1.807, 2.05) is 6.07 Å². The molecule has 0 unspecified atom stereocenters. The maximum atomic E-state index is 12.0. The summed E-state index contributed by atoms with van der Waals surface area (Å²) in [5, 5.41) is 11.6. The summed E-state index contributed by atoms with van der Waals surface area (Å²) in [5.41, 5.74) is 2.45. The smallest absolute Gasteiger partial charge is 0.220 e. The van der Waals surface area contributed by atoms with Crippen molar-refractivity contribution >= 4 is 5.91 Å². The lowest BCUT2D eigenvalue weighted by molar-refractivity contribution is -0.121. The van der Waals surface area contributed by atoms with Gasteiger partial charge in [0.05, 0.1) is 0 Å². The van der Waals surface area contributed by atoms with E-state index >= 15 is 0 Å². The van der Waals surface area contributed by atoms with Gasteiger partial charge in [-0.15, -0.1) is 10.2 Å². The third kappa shape index (κ3) is 4.43. The number of fused-ring (bicyclic) bond motifs is 1. The van der Waals surface area contributed by atoms with Gasteiger partial charge in [0, 0.05) is 32.4 Å². The fourth-order valence-electron chi connectivity index (χ4n) is 3.26. The first-order valence-electron chi connectivity index (χ1n) is 8.95. The average Bonchev–Trinajstić information content (AvgIpc) is 2.80. The molecule has 1 aromatic heterocycles. The highest BCUT2D eigenvalue weighted by molar-refractivity contribution is 5.76. The molecule has 2 heterocycles. The molecule has 1 aliphatic heterocycles. The van der Waals surface area contributed by atoms with Crippen LogP contribution in [0.15, 0.2) is 24.3 Å². The number of aryl methyl sites for hydroxylation is 3. The Morgan fingerprint density at radius 2 is 2.12 bits per heavy atom. The first kappa shape index (κ1) is 16.7. The van der Waals surface area contributed by atoms with Crippen molar-refractivity contribution in [2.75, 3.05) is 6.54 Å². The Bertz CT molecular complexity index is 692. The highest BCUT2D eigenvalue weighted by Crippen LogP contribution is 2.14. The van der Waals surface area contributed by atoms with E-state index in [0.29, 0.717) is 13.0 Å². The molecular formula is C19H26N4O. The van der Waals surface area contributed by atoms with Gasteiger partial charge in [-0.25, -0.2) is 0 Å². The van der Waals surface area contributed by atoms with Gasteiger partial charge in [0.2, 0.25) is 5.91 Å². The molecule has 128 valence electrons. The van der Waals surface area contributed by atoms with Gasteiger partial charge >= 0.3 is 0 Å². The van der Waals surface area contributed by atoms with Crippen LogP contribution in [0, 0.1) is 6.92 Å². The Hall–Kier alpha value is -2.17. The van der Waals surface area contributed by atoms with Gasteiger partial charge in [-0.2, -0.15) is 0 Å². The fourth-order valence-corrected chi connectivity index (χ4v) is 3.26. The van der Waals surface area contributed by atoms with Crippen LogP contribution in [-0.2, 0) is 30.6 Å². The first-order valence-corrected chi connectivity index (χ1v) is 8.95. The van der Waals surface area contributed by atoms with E-state index < -0.39 is 0 Å². The van der Waals surface area contributed by atoms with Crippen molar-refractivity contribution in [1.29, 1.82) is 0 Å². The van der Waals surface area contributed by atoms with Crippen molar-refractivity contribution in [2.45, 2.75) is 58.4 Å². The van der Waals surface area contributed by atoms with Gasteiger partial charge < -0.3 is 9.88 Å². The third-order valence-electron chi connectivity index (χ3n) is 4.58. The number of aromatic nitrogens is 3. The fraction of sp³-hybridized carbons (Fsp3) is 0.526. The molecule has 2 aromatic rings. The quantitative estimate of drug-likeness (QED) is 0.887. The van der Waals surface area contributed by atoms with Crippen LogP contribution in [0.3, 0.4) is 0 Å². The monoisotopic (exact) mass is 326 g/mol. The normalized spacial score (nSPS) is 14.0. The van der Waals surface area contributed by atoms with E-state index in [-0.39, 0.29) is 5.91 Å². The maximum absolute atomic E-state index is 12.0. The molecule has 5 heteroatoms. The van der Waals surface area contributed by atoms with Crippen molar-refractivity contribution in [3.05, 3.63) is 47.0 Å². The topological polar surface area (TPSA) is 59.8 Å². The first-order chi connectivity index (χ1) is 11.7. The molecular weight excluding hydrogens is 300 g/mol. The van der Waals surface area contributed by atoms with Crippen LogP contribution in [0.5, 0.6) is 0 Å². The number of carbonyl (C=O) groups is 1. The molecule has 0 saturated heterocycles. The lowest BCUT2D eigenvalue weighted by Gasteiger charge is -2.08. The van der Waals surface area contributed by atoms with Crippen molar-refractivity contribution in [1.82, 2.24) is 20.1 Å². The van der Waals surface area contributed by atoms with E-state index in [0.717, 1.165) is 37.5 Å². The van der Waals surface area contributed by atoms with Gasteiger partial charge in [-0.3, -0.25) is 4.79 Å². The zero-order valence-electron chi connectivity index (χ0n) is 14.4. The molecule has 1 aromatic carbocycles. The van der Waals surface area contributed by atoms with E-state index in [9.17, 15) is 4.79 Å². The number of carbonyl (C=O) groups excluding carboxylic acids is 1. The summed E-state index contributed by atoms with van der Waals surface area (Å²) in [6.45, 7) is 3.72. The number of hydrogen-bond donors (Lipinski definition) is 1. The van der Waals surface area contributed by atoms with E-state index in [2.05, 4.69) is 45.2 Å². The molecule has 1 N–H and O–H groups in total. The average molecular weight is 326 g/mol. The molecule has 1 amide bonds.